The van der Waals surface area contributed by atoms with Gasteiger partial charge in [0, 0.05) is 43.9 Å². The van der Waals surface area contributed by atoms with Gasteiger partial charge < -0.3 is 24.4 Å². The molecule has 5 atom stereocenters. The van der Waals surface area contributed by atoms with Crippen molar-refractivity contribution < 1.29 is 28.0 Å². The second-order valence-corrected chi connectivity index (χ2v) is 16.5. The molecule has 6 rings (SSSR count). The van der Waals surface area contributed by atoms with Crippen molar-refractivity contribution in [3.8, 4) is 5.75 Å². The van der Waals surface area contributed by atoms with Crippen molar-refractivity contribution in [3.05, 3.63) is 70.3 Å². The molecule has 0 radical (unpaired) electrons. The molecule has 2 aromatic rings. The normalized spacial score (nSPS) is 31.2. The second-order valence-electron chi connectivity index (χ2n) is 14.1. The van der Waals surface area contributed by atoms with Crippen LogP contribution in [0, 0.1) is 17.8 Å². The van der Waals surface area contributed by atoms with Crippen LogP contribution in [0.3, 0.4) is 0 Å². The summed E-state index contributed by atoms with van der Waals surface area (Å²) in [6, 6.07) is 10.7. The summed E-state index contributed by atoms with van der Waals surface area (Å²) in [5.74, 6) is 0.633. The number of hydrogen-bond acceptors (Lipinski definition) is 7. The molecule has 49 heavy (non-hydrogen) atoms. The average molecular weight is 713 g/mol. The van der Waals surface area contributed by atoms with Crippen LogP contribution >= 0.6 is 11.6 Å². The summed E-state index contributed by atoms with van der Waals surface area (Å²) in [4.78, 5) is 29.3. The first-order valence-electron chi connectivity index (χ1n) is 17.5. The van der Waals surface area contributed by atoms with E-state index in [1.54, 1.807) is 20.3 Å². The molecule has 2 bridgehead atoms. The van der Waals surface area contributed by atoms with Gasteiger partial charge in [-0.2, -0.15) is 0 Å². The molecule has 2 aliphatic heterocycles. The number of methoxy groups -OCH3 is 2. The predicted molar refractivity (Wildman–Crippen MR) is 193 cm³/mol. The van der Waals surface area contributed by atoms with E-state index in [-0.39, 0.29) is 35.5 Å². The fourth-order valence-corrected chi connectivity index (χ4v) is 9.44. The van der Waals surface area contributed by atoms with Crippen molar-refractivity contribution in [3.63, 3.8) is 0 Å². The summed E-state index contributed by atoms with van der Waals surface area (Å²) < 4.78 is 38.9. The third kappa shape index (κ3) is 8.79. The van der Waals surface area contributed by atoms with Crippen molar-refractivity contribution in [2.24, 2.45) is 22.1 Å². The number of ether oxygens (including phenoxy) is 3. The molecule has 2 saturated carbocycles. The number of allylic oxidation sites excluding steroid dienone is 1. The number of urea groups is 1. The number of halogens is 1. The molecule has 2 N–H and O–H groups in total. The van der Waals surface area contributed by atoms with Crippen molar-refractivity contribution in [1.29, 1.82) is 0 Å². The predicted octanol–water partition coefficient (Wildman–Crippen LogP) is 6.70. The lowest BCUT2D eigenvalue weighted by Gasteiger charge is -2.43. The lowest BCUT2D eigenvalue weighted by Crippen LogP contribution is -2.52. The molecule has 2 heterocycles. The van der Waals surface area contributed by atoms with Gasteiger partial charge in [0.05, 0.1) is 30.3 Å². The van der Waals surface area contributed by atoms with Gasteiger partial charge in [-0.25, -0.2) is 9.00 Å². The number of hydrogen-bond donors (Lipinski definition) is 2. The number of nitrogens with one attached hydrogen (secondary N) is 2. The number of nitrogens with zero attached hydrogens (tertiary/aromatic N) is 2. The third-order valence-electron chi connectivity index (χ3n) is 10.4. The Morgan fingerprint density at radius 2 is 1.92 bits per heavy atom. The minimum atomic E-state index is -3.49. The van der Waals surface area contributed by atoms with Crippen LogP contribution in [0.1, 0.15) is 73.4 Å². The first kappa shape index (κ1) is 35.7. The molecule has 266 valence electrons. The minimum absolute atomic E-state index is 0.0189. The van der Waals surface area contributed by atoms with Crippen LogP contribution in [0.2, 0.25) is 5.02 Å². The highest BCUT2D eigenvalue weighted by molar-refractivity contribution is 7.92. The molecule has 0 spiro atoms. The summed E-state index contributed by atoms with van der Waals surface area (Å²) in [5.41, 5.74) is 3.47. The summed E-state index contributed by atoms with van der Waals surface area (Å²) in [5, 5.41) is 3.58. The van der Waals surface area contributed by atoms with E-state index < -0.39 is 21.9 Å². The van der Waals surface area contributed by atoms with Gasteiger partial charge in [-0.05, 0) is 111 Å². The van der Waals surface area contributed by atoms with Crippen LogP contribution in [0.4, 0.5) is 10.5 Å². The Kier molecular flexibility index (Phi) is 11.5. The van der Waals surface area contributed by atoms with Gasteiger partial charge in [-0.3, -0.25) is 9.52 Å². The molecule has 1 unspecified atom stereocenters. The SMILES string of the molecule is COC1CC(NC(=O)NS2(=O)=NC(=O)c3ccc4c(c3)N(Cc3ccc(Cl)cc3CCCCO4)C[C@@H]3CC[C@H]3[C@@H](OC)/C=C/C[C@H](C)C2)C1. The van der Waals surface area contributed by atoms with E-state index in [9.17, 15) is 13.8 Å². The van der Waals surface area contributed by atoms with Crippen LogP contribution < -0.4 is 19.7 Å². The molecule has 4 aliphatic rings. The number of fused-ring (bicyclic) bond motifs is 3. The number of anilines is 1. The monoisotopic (exact) mass is 712 g/mol. The van der Waals surface area contributed by atoms with E-state index in [0.29, 0.717) is 55.0 Å². The van der Waals surface area contributed by atoms with Crippen LogP contribution in [0.5, 0.6) is 5.75 Å². The Morgan fingerprint density at radius 3 is 2.67 bits per heavy atom. The zero-order valence-electron chi connectivity index (χ0n) is 28.7. The zero-order chi connectivity index (χ0) is 34.5. The molecule has 2 fully saturated rings. The maximum absolute atomic E-state index is 14.4. The summed E-state index contributed by atoms with van der Waals surface area (Å²) in [6.45, 7) is 3.84. The Balaban J connectivity index is 1.39. The van der Waals surface area contributed by atoms with Gasteiger partial charge in [0.15, 0.2) is 0 Å². The van der Waals surface area contributed by atoms with Gasteiger partial charge in [-0.15, -0.1) is 4.36 Å². The van der Waals surface area contributed by atoms with Crippen molar-refractivity contribution >= 4 is 39.1 Å². The number of amides is 3. The largest absolute Gasteiger partial charge is 0.491 e. The van der Waals surface area contributed by atoms with Crippen molar-refractivity contribution in [2.75, 3.05) is 38.0 Å². The molecule has 12 heteroatoms. The number of aryl methyl sites for hydroxylation is 1. The van der Waals surface area contributed by atoms with Crippen LogP contribution in [-0.4, -0.2) is 67.5 Å². The van der Waals surface area contributed by atoms with Crippen molar-refractivity contribution in [2.45, 2.75) is 83.1 Å². The van der Waals surface area contributed by atoms with Gasteiger partial charge in [0.2, 0.25) is 0 Å². The van der Waals surface area contributed by atoms with Gasteiger partial charge in [0.1, 0.15) is 15.7 Å². The van der Waals surface area contributed by atoms with Gasteiger partial charge in [0.25, 0.3) is 5.91 Å². The molecular weight excluding hydrogens is 664 g/mol. The molecule has 2 aliphatic carbocycles. The lowest BCUT2D eigenvalue weighted by atomic mass is 9.70. The zero-order valence-corrected chi connectivity index (χ0v) is 30.3. The standard InChI is InChI=1S/C37H49ClN4O6S/c1-24-7-6-9-34(47-3)32-14-11-28(32)22-42-21-27-10-13-29(38)17-25(27)8-4-5-16-48-35-15-12-26(18-33(35)42)36(43)40-49(45,23-24)41-37(44)39-30-19-31(20-30)46-2/h6,9-10,12-13,15,17-18,24,28,30-32,34H,4-5,7-8,11,14,16,19-23H2,1-3H3,(H2,39,40,41,43,44,45)/b9-6+/t24-,28-,30?,31?,32+,34-,49?/m0/s1. The quantitative estimate of drug-likeness (QED) is 0.339. The first-order chi connectivity index (χ1) is 23.6. The number of benzene rings is 2. The fourth-order valence-electron chi connectivity index (χ4n) is 7.41. The third-order valence-corrected chi connectivity index (χ3v) is 12.6. The second kappa shape index (κ2) is 15.8. The van der Waals surface area contributed by atoms with Gasteiger partial charge >= 0.3 is 6.03 Å². The number of carbonyl (C=O) groups excluding carboxylic acids is 2. The Morgan fingerprint density at radius 1 is 1.08 bits per heavy atom. The Labute approximate surface area is 295 Å². The van der Waals surface area contributed by atoms with Crippen molar-refractivity contribution in [1.82, 2.24) is 10.0 Å². The first-order valence-corrected chi connectivity index (χ1v) is 19.6. The highest BCUT2D eigenvalue weighted by Crippen LogP contribution is 2.42. The van der Waals surface area contributed by atoms with E-state index >= 15 is 0 Å². The van der Waals surface area contributed by atoms with E-state index in [1.807, 2.05) is 25.1 Å². The average Bonchev–Trinajstić information content (AvgIpc) is 3.06. The highest BCUT2D eigenvalue weighted by atomic mass is 35.5. The van der Waals surface area contributed by atoms with Crippen LogP contribution in [0.15, 0.2) is 52.9 Å². The summed E-state index contributed by atoms with van der Waals surface area (Å²) in [6.07, 6.45) is 11.0. The maximum Gasteiger partial charge on any atom is 0.327 e. The molecule has 0 saturated heterocycles. The summed E-state index contributed by atoms with van der Waals surface area (Å²) >= 11 is 6.46. The maximum atomic E-state index is 14.4. The van der Waals surface area contributed by atoms with E-state index in [2.05, 4.69) is 43.6 Å². The smallest absolute Gasteiger partial charge is 0.327 e. The Hall–Kier alpha value is -3.12. The molecular formula is C37H49ClN4O6S. The van der Waals surface area contributed by atoms with Crippen LogP contribution in [0.25, 0.3) is 0 Å². The lowest BCUT2D eigenvalue weighted by molar-refractivity contribution is 0.0133. The van der Waals surface area contributed by atoms with E-state index in [1.165, 1.54) is 11.1 Å². The van der Waals surface area contributed by atoms with E-state index in [0.717, 1.165) is 44.3 Å². The number of carbonyl (C=O) groups is 2. The number of rotatable bonds is 4. The topological polar surface area (TPSA) is 119 Å². The fraction of sp³-hybridized carbons (Fsp3) is 0.568. The van der Waals surface area contributed by atoms with E-state index in [4.69, 9.17) is 25.8 Å². The summed E-state index contributed by atoms with van der Waals surface area (Å²) in [7, 11) is -0.0883. The minimum Gasteiger partial charge on any atom is -0.491 e. The molecule has 10 nitrogen and oxygen atoms in total. The van der Waals surface area contributed by atoms with Gasteiger partial charge in [-0.1, -0.05) is 36.7 Å². The molecule has 0 aromatic heterocycles. The van der Waals surface area contributed by atoms with Crippen LogP contribution in [-0.2, 0) is 32.4 Å². The molecule has 2 aromatic carbocycles. The molecule has 3 amide bonds. The highest BCUT2D eigenvalue weighted by Gasteiger charge is 2.38. The Bertz CT molecular complexity index is 1670.